The van der Waals surface area contributed by atoms with E-state index in [1.807, 2.05) is 11.7 Å². The molecule has 1 aliphatic heterocycles. The second-order valence-corrected chi connectivity index (χ2v) is 9.74. The van der Waals surface area contributed by atoms with E-state index < -0.39 is 0 Å². The normalized spacial score (nSPS) is 24.7. The first kappa shape index (κ1) is 10.5. The van der Waals surface area contributed by atoms with Gasteiger partial charge in [-0.25, -0.2) is 10.0 Å². The third kappa shape index (κ3) is 2.72. The minimum absolute atomic E-state index is 0.248. The summed E-state index contributed by atoms with van der Waals surface area (Å²) in [5, 5.41) is 0. The summed E-state index contributed by atoms with van der Waals surface area (Å²) in [4.78, 5) is 8.08. The highest BCUT2D eigenvalue weighted by Crippen LogP contribution is 2.41. The van der Waals surface area contributed by atoms with E-state index in [4.69, 9.17) is 0 Å². The van der Waals surface area contributed by atoms with Gasteiger partial charge < -0.3 is 0 Å². The van der Waals surface area contributed by atoms with Crippen LogP contribution in [0.15, 0.2) is 11.7 Å². The Bertz CT molecular complexity index is 272. The highest BCUT2D eigenvalue weighted by molar-refractivity contribution is 8.32. The van der Waals surface area contributed by atoms with Gasteiger partial charge in [0.15, 0.2) is 0 Å². The van der Waals surface area contributed by atoms with Crippen molar-refractivity contribution in [1.29, 1.82) is 0 Å². The molecule has 0 saturated carbocycles. The van der Waals surface area contributed by atoms with Crippen LogP contribution in [0.5, 0.6) is 0 Å². The van der Waals surface area contributed by atoms with Crippen molar-refractivity contribution in [3.05, 3.63) is 16.6 Å². The van der Waals surface area contributed by atoms with Gasteiger partial charge in [-0.3, -0.25) is 9.88 Å². The maximum Gasteiger partial charge on any atom is 0.0794 e. The van der Waals surface area contributed by atoms with Crippen molar-refractivity contribution in [3.63, 3.8) is 0 Å². The summed E-state index contributed by atoms with van der Waals surface area (Å²) in [6, 6.07) is 0. The molecule has 0 atom stereocenters. The largest absolute Gasteiger partial charge is 0.297 e. The predicted octanol–water partition coefficient (Wildman–Crippen LogP) is 2.02. The second-order valence-electron chi connectivity index (χ2n) is 4.42. The van der Waals surface area contributed by atoms with Crippen LogP contribution in [0.2, 0.25) is 0 Å². The van der Waals surface area contributed by atoms with Crippen molar-refractivity contribution >= 4 is 21.4 Å². The lowest BCUT2D eigenvalue weighted by atomic mass is 10.4. The van der Waals surface area contributed by atoms with Crippen molar-refractivity contribution < 1.29 is 0 Å². The summed E-state index contributed by atoms with van der Waals surface area (Å²) in [7, 11) is -0.248. The van der Waals surface area contributed by atoms with Crippen LogP contribution in [0, 0.1) is 0 Å². The van der Waals surface area contributed by atoms with Crippen LogP contribution < -0.4 is 0 Å². The standard InChI is InChI=1S/C10H18N2S2/c1-14(2)5-3-12(4-6-14)8-10-7-11-9-13-10/h7,9H,3-6,8H2,1-2H3. The van der Waals surface area contributed by atoms with Crippen LogP contribution in [0.3, 0.4) is 0 Å². The molecular formula is C10H18N2S2. The third-order valence-electron chi connectivity index (χ3n) is 2.78. The van der Waals surface area contributed by atoms with E-state index in [0.29, 0.717) is 0 Å². The number of nitrogens with zero attached hydrogens (tertiary/aromatic N) is 2. The average molecular weight is 230 g/mol. The Labute approximate surface area is 91.7 Å². The highest BCUT2D eigenvalue weighted by atomic mass is 32.3. The molecule has 0 aromatic carbocycles. The van der Waals surface area contributed by atoms with E-state index in [-0.39, 0.29) is 10.0 Å². The molecule has 1 fully saturated rings. The Morgan fingerprint density at radius 1 is 1.43 bits per heavy atom. The molecule has 14 heavy (non-hydrogen) atoms. The fourth-order valence-electron chi connectivity index (χ4n) is 1.67. The van der Waals surface area contributed by atoms with Gasteiger partial charge in [-0.15, -0.1) is 11.3 Å². The second kappa shape index (κ2) is 4.21. The van der Waals surface area contributed by atoms with E-state index in [1.165, 1.54) is 29.5 Å². The first-order valence-electron chi connectivity index (χ1n) is 4.94. The SMILES string of the molecule is CS1(C)CCN(Cc2cncs2)CC1. The number of thiazole rings is 1. The summed E-state index contributed by atoms with van der Waals surface area (Å²) in [6.45, 7) is 3.67. The Kier molecular flexibility index (Phi) is 3.14. The van der Waals surface area contributed by atoms with E-state index in [9.17, 15) is 0 Å². The Hall–Kier alpha value is -0.0600. The molecule has 0 bridgehead atoms. The maximum absolute atomic E-state index is 4.11. The number of hydrogen-bond donors (Lipinski definition) is 0. The molecular weight excluding hydrogens is 212 g/mol. The van der Waals surface area contributed by atoms with Crippen molar-refractivity contribution in [2.75, 3.05) is 37.1 Å². The van der Waals surface area contributed by atoms with Gasteiger partial charge >= 0.3 is 0 Å². The molecule has 2 nitrogen and oxygen atoms in total. The van der Waals surface area contributed by atoms with Gasteiger partial charge in [-0.05, 0) is 24.0 Å². The average Bonchev–Trinajstić information content (AvgIpc) is 2.61. The van der Waals surface area contributed by atoms with Gasteiger partial charge in [0.1, 0.15) is 0 Å². The first-order chi connectivity index (χ1) is 6.66. The molecule has 4 heteroatoms. The third-order valence-corrected chi connectivity index (χ3v) is 6.12. The molecule has 0 unspecified atom stereocenters. The zero-order valence-corrected chi connectivity index (χ0v) is 10.5. The molecule has 1 saturated heterocycles. The van der Waals surface area contributed by atoms with Gasteiger partial charge in [0.05, 0.1) is 5.51 Å². The van der Waals surface area contributed by atoms with Crippen LogP contribution >= 0.6 is 21.4 Å². The van der Waals surface area contributed by atoms with E-state index >= 15 is 0 Å². The first-order valence-corrected chi connectivity index (χ1v) is 8.61. The van der Waals surface area contributed by atoms with Crippen LogP contribution in [0.4, 0.5) is 0 Å². The van der Waals surface area contributed by atoms with Gasteiger partial charge in [-0.2, -0.15) is 0 Å². The smallest absolute Gasteiger partial charge is 0.0794 e. The van der Waals surface area contributed by atoms with Crippen molar-refractivity contribution in [3.8, 4) is 0 Å². The molecule has 80 valence electrons. The molecule has 1 aromatic heterocycles. The summed E-state index contributed by atoms with van der Waals surface area (Å²) >= 11 is 1.77. The quantitative estimate of drug-likeness (QED) is 0.773. The summed E-state index contributed by atoms with van der Waals surface area (Å²) in [5.41, 5.74) is 1.93. The fourth-order valence-corrected chi connectivity index (χ4v) is 4.01. The summed E-state index contributed by atoms with van der Waals surface area (Å²) in [6.07, 6.45) is 6.91. The predicted molar refractivity (Wildman–Crippen MR) is 66.6 cm³/mol. The molecule has 0 spiro atoms. The highest BCUT2D eigenvalue weighted by Gasteiger charge is 2.21. The van der Waals surface area contributed by atoms with Crippen LogP contribution in [0.1, 0.15) is 4.88 Å². The molecule has 0 aliphatic carbocycles. The Balaban J connectivity index is 1.85. The molecule has 0 N–H and O–H groups in total. The number of aromatic nitrogens is 1. The zero-order chi connectivity index (χ0) is 10.0. The van der Waals surface area contributed by atoms with Crippen molar-refractivity contribution in [2.45, 2.75) is 6.54 Å². The van der Waals surface area contributed by atoms with Gasteiger partial charge in [0.2, 0.25) is 0 Å². The van der Waals surface area contributed by atoms with Crippen molar-refractivity contribution in [1.82, 2.24) is 9.88 Å². The Morgan fingerprint density at radius 2 is 2.14 bits per heavy atom. The summed E-state index contributed by atoms with van der Waals surface area (Å²) < 4.78 is 0. The van der Waals surface area contributed by atoms with Crippen LogP contribution in [0.25, 0.3) is 0 Å². The Morgan fingerprint density at radius 3 is 2.71 bits per heavy atom. The molecule has 1 aromatic rings. The van der Waals surface area contributed by atoms with Gasteiger partial charge in [-0.1, -0.05) is 0 Å². The lowest BCUT2D eigenvalue weighted by Gasteiger charge is -2.40. The minimum atomic E-state index is -0.248. The number of rotatable bonds is 2. The minimum Gasteiger partial charge on any atom is -0.297 e. The summed E-state index contributed by atoms with van der Waals surface area (Å²) in [5.74, 6) is 2.82. The van der Waals surface area contributed by atoms with Crippen molar-refractivity contribution in [2.24, 2.45) is 0 Å². The topological polar surface area (TPSA) is 16.1 Å². The molecule has 1 aliphatic rings. The molecule has 0 radical (unpaired) electrons. The van der Waals surface area contributed by atoms with Crippen LogP contribution in [-0.2, 0) is 6.54 Å². The van der Waals surface area contributed by atoms with E-state index in [1.54, 1.807) is 11.3 Å². The maximum atomic E-state index is 4.11. The lowest BCUT2D eigenvalue weighted by Crippen LogP contribution is -2.37. The lowest BCUT2D eigenvalue weighted by molar-refractivity contribution is 0.295. The van der Waals surface area contributed by atoms with E-state index in [2.05, 4.69) is 22.4 Å². The fraction of sp³-hybridized carbons (Fsp3) is 0.700. The molecule has 0 amide bonds. The molecule has 2 rings (SSSR count). The van der Waals surface area contributed by atoms with Crippen LogP contribution in [-0.4, -0.2) is 47.0 Å². The molecule has 2 heterocycles. The van der Waals surface area contributed by atoms with Gasteiger partial charge in [0, 0.05) is 30.7 Å². The van der Waals surface area contributed by atoms with Gasteiger partial charge in [0.25, 0.3) is 0 Å². The zero-order valence-electron chi connectivity index (χ0n) is 8.90. The van der Waals surface area contributed by atoms with E-state index in [0.717, 1.165) is 6.54 Å². The monoisotopic (exact) mass is 230 g/mol. The number of hydrogen-bond acceptors (Lipinski definition) is 3.